The number of fused-ring (bicyclic) bond motifs is 1. The highest BCUT2D eigenvalue weighted by Gasteiger charge is 2.55. The van der Waals surface area contributed by atoms with Crippen molar-refractivity contribution in [2.24, 2.45) is 5.92 Å². The van der Waals surface area contributed by atoms with Crippen LogP contribution in [0.15, 0.2) is 48.8 Å². The van der Waals surface area contributed by atoms with Crippen LogP contribution in [-0.4, -0.2) is 53.8 Å². The third kappa shape index (κ3) is 3.16. The van der Waals surface area contributed by atoms with E-state index in [9.17, 15) is 4.79 Å². The summed E-state index contributed by atoms with van der Waals surface area (Å²) in [6, 6.07) is 11.8. The number of nitrogens with zero attached hydrogens (tertiary/aromatic N) is 2. The minimum Gasteiger partial charge on any atom is -0.480 e. The van der Waals surface area contributed by atoms with Crippen LogP contribution in [0.2, 0.25) is 0 Å². The molecule has 1 spiro atoms. The van der Waals surface area contributed by atoms with Gasteiger partial charge in [-0.3, -0.25) is 9.78 Å². The van der Waals surface area contributed by atoms with Gasteiger partial charge in [-0.1, -0.05) is 18.2 Å². The lowest BCUT2D eigenvalue weighted by Crippen LogP contribution is -2.68. The van der Waals surface area contributed by atoms with Crippen molar-refractivity contribution in [1.29, 1.82) is 0 Å². The SMILES string of the molecule is O=C([C@H]1Cc2ccccc2O1)N1CC2(C1)OCC[C@@H]2COCc1ccncc1. The first-order chi connectivity index (χ1) is 13.7. The molecule has 2 aromatic rings. The van der Waals surface area contributed by atoms with E-state index in [0.29, 0.717) is 38.6 Å². The Morgan fingerprint density at radius 1 is 1.21 bits per heavy atom. The quantitative estimate of drug-likeness (QED) is 0.796. The van der Waals surface area contributed by atoms with Crippen molar-refractivity contribution < 1.29 is 19.0 Å². The lowest BCUT2D eigenvalue weighted by molar-refractivity contribution is -0.174. The number of likely N-dealkylation sites (tertiary alicyclic amines) is 1. The van der Waals surface area contributed by atoms with Gasteiger partial charge in [0.2, 0.25) is 0 Å². The number of carbonyl (C=O) groups is 1. The molecule has 3 aliphatic heterocycles. The van der Waals surface area contributed by atoms with E-state index >= 15 is 0 Å². The molecule has 4 heterocycles. The van der Waals surface area contributed by atoms with Gasteiger partial charge in [-0.05, 0) is 35.7 Å². The molecule has 6 heteroatoms. The second kappa shape index (κ2) is 7.18. The average Bonchev–Trinajstić information content (AvgIpc) is 3.31. The Kier molecular flexibility index (Phi) is 4.53. The summed E-state index contributed by atoms with van der Waals surface area (Å²) in [5.41, 5.74) is 1.97. The third-order valence-corrected chi connectivity index (χ3v) is 6.09. The summed E-state index contributed by atoms with van der Waals surface area (Å²) in [5, 5.41) is 0. The maximum Gasteiger partial charge on any atom is 0.264 e. The zero-order chi connectivity index (χ0) is 19.0. The number of benzene rings is 1. The molecule has 0 saturated carbocycles. The van der Waals surface area contributed by atoms with Crippen molar-refractivity contribution in [3.63, 3.8) is 0 Å². The summed E-state index contributed by atoms with van der Waals surface area (Å²) in [5.74, 6) is 1.21. The molecule has 0 radical (unpaired) electrons. The zero-order valence-electron chi connectivity index (χ0n) is 15.8. The lowest BCUT2D eigenvalue weighted by atomic mass is 9.81. The van der Waals surface area contributed by atoms with Gasteiger partial charge in [0, 0.05) is 31.3 Å². The van der Waals surface area contributed by atoms with E-state index in [-0.39, 0.29) is 11.5 Å². The first kappa shape index (κ1) is 17.6. The van der Waals surface area contributed by atoms with E-state index in [4.69, 9.17) is 14.2 Å². The minimum absolute atomic E-state index is 0.0637. The van der Waals surface area contributed by atoms with Crippen LogP contribution in [-0.2, 0) is 27.3 Å². The first-order valence-electron chi connectivity index (χ1n) is 9.87. The molecule has 0 N–H and O–H groups in total. The lowest BCUT2D eigenvalue weighted by Gasteiger charge is -2.50. The molecule has 0 aliphatic carbocycles. The van der Waals surface area contributed by atoms with Gasteiger partial charge in [0.25, 0.3) is 5.91 Å². The zero-order valence-corrected chi connectivity index (χ0v) is 15.8. The van der Waals surface area contributed by atoms with Gasteiger partial charge in [-0.2, -0.15) is 0 Å². The smallest absolute Gasteiger partial charge is 0.264 e. The van der Waals surface area contributed by atoms with Gasteiger partial charge in [-0.25, -0.2) is 0 Å². The Labute approximate surface area is 164 Å². The van der Waals surface area contributed by atoms with Crippen LogP contribution >= 0.6 is 0 Å². The largest absolute Gasteiger partial charge is 0.480 e. The van der Waals surface area contributed by atoms with Gasteiger partial charge >= 0.3 is 0 Å². The van der Waals surface area contributed by atoms with E-state index in [0.717, 1.165) is 29.9 Å². The fourth-order valence-corrected chi connectivity index (χ4v) is 4.45. The molecular weight excluding hydrogens is 356 g/mol. The summed E-state index contributed by atoms with van der Waals surface area (Å²) in [4.78, 5) is 18.7. The Bertz CT molecular complexity index is 826. The Balaban J connectivity index is 1.14. The third-order valence-electron chi connectivity index (χ3n) is 6.09. The molecule has 2 fully saturated rings. The second-order valence-corrected chi connectivity index (χ2v) is 7.88. The van der Waals surface area contributed by atoms with Crippen molar-refractivity contribution in [3.8, 4) is 5.75 Å². The van der Waals surface area contributed by atoms with Gasteiger partial charge in [0.05, 0.1) is 26.3 Å². The minimum atomic E-state index is -0.405. The fourth-order valence-electron chi connectivity index (χ4n) is 4.45. The maximum atomic E-state index is 12.9. The summed E-state index contributed by atoms with van der Waals surface area (Å²) in [7, 11) is 0. The first-order valence-corrected chi connectivity index (χ1v) is 9.87. The highest BCUT2D eigenvalue weighted by atomic mass is 16.5. The molecule has 0 bridgehead atoms. The average molecular weight is 380 g/mol. The van der Waals surface area contributed by atoms with Crippen molar-refractivity contribution in [3.05, 3.63) is 59.9 Å². The molecule has 2 atom stereocenters. The van der Waals surface area contributed by atoms with E-state index in [2.05, 4.69) is 4.98 Å². The molecule has 1 aromatic carbocycles. The predicted octanol–water partition coefficient (Wildman–Crippen LogP) is 2.22. The summed E-state index contributed by atoms with van der Waals surface area (Å²) in [6.07, 6.45) is 4.77. The normalized spacial score (nSPS) is 24.6. The number of ether oxygens (including phenoxy) is 3. The van der Waals surface area contributed by atoms with Crippen LogP contribution in [0.5, 0.6) is 5.75 Å². The van der Waals surface area contributed by atoms with Crippen LogP contribution in [0, 0.1) is 5.92 Å². The van der Waals surface area contributed by atoms with Gasteiger partial charge in [0.15, 0.2) is 6.10 Å². The molecule has 28 heavy (non-hydrogen) atoms. The number of hydrogen-bond donors (Lipinski definition) is 0. The second-order valence-electron chi connectivity index (χ2n) is 7.88. The van der Waals surface area contributed by atoms with E-state index in [1.54, 1.807) is 12.4 Å². The van der Waals surface area contributed by atoms with Gasteiger partial charge < -0.3 is 19.1 Å². The number of aromatic nitrogens is 1. The Morgan fingerprint density at radius 3 is 2.86 bits per heavy atom. The van der Waals surface area contributed by atoms with E-state index < -0.39 is 6.10 Å². The van der Waals surface area contributed by atoms with Gasteiger partial charge in [0.1, 0.15) is 11.4 Å². The van der Waals surface area contributed by atoms with Crippen LogP contribution in [0.3, 0.4) is 0 Å². The van der Waals surface area contributed by atoms with Crippen LogP contribution in [0.1, 0.15) is 17.5 Å². The molecular formula is C22H24N2O4. The molecule has 3 aliphatic rings. The fraction of sp³-hybridized carbons (Fsp3) is 0.455. The Hall–Kier alpha value is -2.44. The van der Waals surface area contributed by atoms with Crippen molar-refractivity contribution >= 4 is 5.91 Å². The number of para-hydroxylation sites is 1. The molecule has 1 amide bonds. The molecule has 146 valence electrons. The monoisotopic (exact) mass is 380 g/mol. The highest BCUT2D eigenvalue weighted by Crippen LogP contribution is 2.41. The Morgan fingerprint density at radius 2 is 2.04 bits per heavy atom. The van der Waals surface area contributed by atoms with E-state index in [1.807, 2.05) is 41.3 Å². The topological polar surface area (TPSA) is 60.9 Å². The van der Waals surface area contributed by atoms with Gasteiger partial charge in [-0.15, -0.1) is 0 Å². The molecule has 0 unspecified atom stereocenters. The predicted molar refractivity (Wildman–Crippen MR) is 102 cm³/mol. The number of rotatable bonds is 5. The van der Waals surface area contributed by atoms with Crippen LogP contribution in [0.4, 0.5) is 0 Å². The molecule has 2 saturated heterocycles. The number of carbonyl (C=O) groups excluding carboxylic acids is 1. The standard InChI is InChI=1S/C22H24N2O4/c25-21(20-11-17-3-1-2-4-19(17)28-20)24-14-22(15-24)18(7-10-27-22)13-26-12-16-5-8-23-9-6-16/h1-6,8-9,18,20H,7,10-15H2/t18-,20-/m1/s1. The van der Waals surface area contributed by atoms with Crippen LogP contribution in [0.25, 0.3) is 0 Å². The number of pyridine rings is 1. The summed E-state index contributed by atoms with van der Waals surface area (Å²) in [6.45, 7) is 3.22. The van der Waals surface area contributed by atoms with Crippen LogP contribution < -0.4 is 4.74 Å². The number of amides is 1. The number of hydrogen-bond acceptors (Lipinski definition) is 5. The molecule has 5 rings (SSSR count). The molecule has 6 nitrogen and oxygen atoms in total. The van der Waals surface area contributed by atoms with Crippen molar-refractivity contribution in [2.45, 2.75) is 31.2 Å². The van der Waals surface area contributed by atoms with Crippen molar-refractivity contribution in [1.82, 2.24) is 9.88 Å². The van der Waals surface area contributed by atoms with Crippen molar-refractivity contribution in [2.75, 3.05) is 26.3 Å². The highest BCUT2D eigenvalue weighted by molar-refractivity contribution is 5.83. The molecule has 1 aromatic heterocycles. The van der Waals surface area contributed by atoms with E-state index in [1.165, 1.54) is 0 Å². The summed E-state index contributed by atoms with van der Waals surface area (Å²) >= 11 is 0. The summed E-state index contributed by atoms with van der Waals surface area (Å²) < 4.78 is 17.9. The maximum absolute atomic E-state index is 12.9.